The average molecular weight is 401 g/mol. The summed E-state index contributed by atoms with van der Waals surface area (Å²) in [4.78, 5) is 10.9. The molecule has 0 bridgehead atoms. The van der Waals surface area contributed by atoms with Crippen molar-refractivity contribution in [1.82, 2.24) is 9.55 Å². The number of hydrogen-bond acceptors (Lipinski definition) is 3. The van der Waals surface area contributed by atoms with Gasteiger partial charge in [0.05, 0.1) is 12.0 Å². The van der Waals surface area contributed by atoms with Gasteiger partial charge in [0.25, 0.3) is 0 Å². The molecule has 0 atom stereocenters. The SMILES string of the molecule is Cc1cc(N(CCCl)CCCl)ccc1C=Nc1ccc(-n2ccnc2)cc1. The van der Waals surface area contributed by atoms with Crippen molar-refractivity contribution in [3.8, 4) is 5.69 Å². The Hall–Kier alpha value is -2.30. The van der Waals surface area contributed by atoms with Crippen LogP contribution in [0.5, 0.6) is 0 Å². The highest BCUT2D eigenvalue weighted by atomic mass is 35.5. The summed E-state index contributed by atoms with van der Waals surface area (Å²) in [5.74, 6) is 1.16. The quantitative estimate of drug-likeness (QED) is 0.383. The number of aliphatic imine (C=N–C) groups is 1. The van der Waals surface area contributed by atoms with Gasteiger partial charge in [0.2, 0.25) is 0 Å². The molecule has 0 radical (unpaired) electrons. The monoisotopic (exact) mass is 400 g/mol. The lowest BCUT2D eigenvalue weighted by Crippen LogP contribution is -2.27. The third kappa shape index (κ3) is 5.12. The van der Waals surface area contributed by atoms with Crippen LogP contribution in [0.4, 0.5) is 11.4 Å². The molecule has 0 aliphatic heterocycles. The van der Waals surface area contributed by atoms with Crippen molar-refractivity contribution in [2.24, 2.45) is 4.99 Å². The Balaban J connectivity index is 1.73. The number of benzene rings is 2. The van der Waals surface area contributed by atoms with E-state index in [-0.39, 0.29) is 0 Å². The Kier molecular flexibility index (Phi) is 6.91. The predicted octanol–water partition coefficient (Wildman–Crippen LogP) is 5.22. The smallest absolute Gasteiger partial charge is 0.0991 e. The van der Waals surface area contributed by atoms with Crippen molar-refractivity contribution in [2.75, 3.05) is 29.7 Å². The maximum atomic E-state index is 5.90. The molecule has 1 heterocycles. The zero-order chi connectivity index (χ0) is 19.1. The molecule has 0 saturated carbocycles. The highest BCUT2D eigenvalue weighted by Gasteiger charge is 2.07. The predicted molar refractivity (Wildman–Crippen MR) is 116 cm³/mol. The molecule has 0 fully saturated rings. The first-order chi connectivity index (χ1) is 13.2. The topological polar surface area (TPSA) is 33.4 Å². The summed E-state index contributed by atoms with van der Waals surface area (Å²) < 4.78 is 1.96. The molecule has 0 aliphatic rings. The molecule has 3 aromatic rings. The lowest BCUT2D eigenvalue weighted by molar-refractivity contribution is 0.873. The van der Waals surface area contributed by atoms with Gasteiger partial charge in [0.1, 0.15) is 0 Å². The van der Waals surface area contributed by atoms with E-state index in [2.05, 4.69) is 40.0 Å². The van der Waals surface area contributed by atoms with Gasteiger partial charge in [-0.05, 0) is 54.4 Å². The van der Waals surface area contributed by atoms with Gasteiger partial charge in [0.15, 0.2) is 0 Å². The summed E-state index contributed by atoms with van der Waals surface area (Å²) in [6, 6.07) is 14.4. The Morgan fingerprint density at radius 2 is 1.81 bits per heavy atom. The minimum atomic E-state index is 0.578. The molecule has 0 saturated heterocycles. The van der Waals surface area contributed by atoms with Gasteiger partial charge in [0, 0.05) is 54.8 Å². The first kappa shape index (κ1) is 19.5. The lowest BCUT2D eigenvalue weighted by atomic mass is 10.1. The van der Waals surface area contributed by atoms with Gasteiger partial charge in [-0.15, -0.1) is 23.2 Å². The molecule has 0 N–H and O–H groups in total. The second-order valence-corrected chi connectivity index (χ2v) is 6.91. The van der Waals surface area contributed by atoms with Gasteiger partial charge in [-0.2, -0.15) is 0 Å². The molecule has 1 aromatic heterocycles. The number of nitrogens with zero attached hydrogens (tertiary/aromatic N) is 4. The lowest BCUT2D eigenvalue weighted by Gasteiger charge is -2.23. The zero-order valence-electron chi connectivity index (χ0n) is 15.2. The van der Waals surface area contributed by atoms with Crippen LogP contribution in [0.15, 0.2) is 66.2 Å². The fourth-order valence-electron chi connectivity index (χ4n) is 2.84. The number of hydrogen-bond donors (Lipinski definition) is 0. The summed E-state index contributed by atoms with van der Waals surface area (Å²) in [6.07, 6.45) is 7.36. The Labute approximate surface area is 170 Å². The minimum absolute atomic E-state index is 0.578. The number of alkyl halides is 2. The summed E-state index contributed by atoms with van der Waals surface area (Å²) >= 11 is 11.8. The van der Waals surface area contributed by atoms with Gasteiger partial charge in [-0.25, -0.2) is 4.98 Å². The third-order valence-electron chi connectivity index (χ3n) is 4.33. The molecule has 0 unspecified atom stereocenters. The van der Waals surface area contributed by atoms with E-state index in [1.165, 1.54) is 5.56 Å². The van der Waals surface area contributed by atoms with E-state index in [0.717, 1.165) is 35.7 Å². The highest BCUT2D eigenvalue weighted by Crippen LogP contribution is 2.20. The number of anilines is 1. The number of imidazole rings is 1. The van der Waals surface area contributed by atoms with Gasteiger partial charge in [-0.3, -0.25) is 4.99 Å². The van der Waals surface area contributed by atoms with E-state index < -0.39 is 0 Å². The number of aromatic nitrogens is 2. The van der Waals surface area contributed by atoms with Gasteiger partial charge in [-0.1, -0.05) is 6.07 Å². The third-order valence-corrected chi connectivity index (χ3v) is 4.67. The van der Waals surface area contributed by atoms with E-state index in [4.69, 9.17) is 23.2 Å². The maximum absolute atomic E-state index is 5.90. The molecule has 27 heavy (non-hydrogen) atoms. The van der Waals surface area contributed by atoms with Gasteiger partial charge < -0.3 is 9.47 Å². The standard InChI is InChI=1S/C21H22Cl2N4/c1-17-14-21(26(11-8-22)12-9-23)5-2-18(17)15-25-19-3-6-20(7-4-19)27-13-10-24-16-27/h2-7,10,13-16H,8-9,11-12H2,1H3. The van der Waals surface area contributed by atoms with E-state index in [0.29, 0.717) is 11.8 Å². The Bertz CT molecular complexity index is 868. The van der Waals surface area contributed by atoms with Gasteiger partial charge >= 0.3 is 0 Å². The molecular formula is C21H22Cl2N4. The van der Waals surface area contributed by atoms with E-state index in [9.17, 15) is 0 Å². The molecule has 0 spiro atoms. The highest BCUT2D eigenvalue weighted by molar-refractivity contribution is 6.18. The first-order valence-corrected chi connectivity index (χ1v) is 9.88. The summed E-state index contributed by atoms with van der Waals surface area (Å²) in [7, 11) is 0. The molecule has 3 rings (SSSR count). The molecule has 4 nitrogen and oxygen atoms in total. The molecule has 2 aromatic carbocycles. The molecular weight excluding hydrogens is 379 g/mol. The van der Waals surface area contributed by atoms with Crippen molar-refractivity contribution in [2.45, 2.75) is 6.92 Å². The summed E-state index contributed by atoms with van der Waals surface area (Å²) in [6.45, 7) is 3.65. The van der Waals surface area contributed by atoms with E-state index in [1.807, 2.05) is 41.2 Å². The Morgan fingerprint density at radius 3 is 2.41 bits per heavy atom. The van der Waals surface area contributed by atoms with Crippen LogP contribution in [0, 0.1) is 6.92 Å². The van der Waals surface area contributed by atoms with Crippen LogP contribution < -0.4 is 4.90 Å². The molecule has 140 valence electrons. The van der Waals surface area contributed by atoms with Crippen LogP contribution in [0.1, 0.15) is 11.1 Å². The molecule has 0 aliphatic carbocycles. The summed E-state index contributed by atoms with van der Waals surface area (Å²) in [5, 5.41) is 0. The maximum Gasteiger partial charge on any atom is 0.0991 e. The fraction of sp³-hybridized carbons (Fsp3) is 0.238. The largest absolute Gasteiger partial charge is 0.369 e. The zero-order valence-corrected chi connectivity index (χ0v) is 16.7. The molecule has 6 heteroatoms. The second-order valence-electron chi connectivity index (χ2n) is 6.15. The molecule has 0 amide bonds. The van der Waals surface area contributed by atoms with Crippen molar-refractivity contribution < 1.29 is 0 Å². The fourth-order valence-corrected chi connectivity index (χ4v) is 3.25. The normalized spacial score (nSPS) is 11.2. The average Bonchev–Trinajstić information content (AvgIpc) is 3.22. The van der Waals surface area contributed by atoms with E-state index in [1.54, 1.807) is 12.5 Å². The Morgan fingerprint density at radius 1 is 1.07 bits per heavy atom. The van der Waals surface area contributed by atoms with Crippen LogP contribution >= 0.6 is 23.2 Å². The summed E-state index contributed by atoms with van der Waals surface area (Å²) in [5.41, 5.74) is 5.36. The number of aryl methyl sites for hydroxylation is 1. The number of rotatable bonds is 8. The van der Waals surface area contributed by atoms with Crippen LogP contribution in [-0.4, -0.2) is 40.6 Å². The van der Waals surface area contributed by atoms with Crippen LogP contribution in [0.3, 0.4) is 0 Å². The van der Waals surface area contributed by atoms with Crippen molar-refractivity contribution in [3.05, 3.63) is 72.3 Å². The first-order valence-electron chi connectivity index (χ1n) is 8.81. The van der Waals surface area contributed by atoms with Crippen LogP contribution in [0.2, 0.25) is 0 Å². The van der Waals surface area contributed by atoms with Crippen LogP contribution in [-0.2, 0) is 0 Å². The number of halogens is 2. The van der Waals surface area contributed by atoms with E-state index >= 15 is 0 Å². The second kappa shape index (κ2) is 9.58. The van der Waals surface area contributed by atoms with Crippen LogP contribution in [0.25, 0.3) is 5.69 Å². The minimum Gasteiger partial charge on any atom is -0.369 e. The van der Waals surface area contributed by atoms with Crippen molar-refractivity contribution >= 4 is 40.8 Å². The van der Waals surface area contributed by atoms with Crippen molar-refractivity contribution in [3.63, 3.8) is 0 Å². The van der Waals surface area contributed by atoms with Crippen molar-refractivity contribution in [1.29, 1.82) is 0 Å².